The van der Waals surface area contributed by atoms with Gasteiger partial charge in [-0.15, -0.1) is 0 Å². The van der Waals surface area contributed by atoms with E-state index in [0.29, 0.717) is 18.7 Å². The molecule has 0 aliphatic carbocycles. The second kappa shape index (κ2) is 12.9. The molecule has 142 valence electrons. The maximum Gasteiger partial charge on any atom is 0.326 e. The van der Waals surface area contributed by atoms with E-state index in [4.69, 9.17) is 27.4 Å². The summed E-state index contributed by atoms with van der Waals surface area (Å²) in [6, 6.07) is -1.70. The van der Waals surface area contributed by atoms with Crippen molar-refractivity contribution < 1.29 is 24.6 Å². The number of aromatic amines is 1. The van der Waals surface area contributed by atoms with Crippen LogP contribution in [0.1, 0.15) is 25.0 Å². The van der Waals surface area contributed by atoms with Crippen molar-refractivity contribution in [3.8, 4) is 0 Å². The Labute approximate surface area is 145 Å². The Hall–Kier alpha value is -2.50. The molecule has 0 aliphatic heterocycles. The standard InChI is InChI=1S/C8H12N4O3.C6H14N2O2/c9-2-7(13)12-6(8(14)15)1-5-3-10-4-11-5;7-4-2-1-3-5(8)6(9)10/h3-4,6H,1-2,9H2,(H,10,11)(H,12,13)(H,14,15);5H,1-4,7-8H2,(H,9,10). The predicted octanol–water partition coefficient (Wildman–Crippen LogP) is -1.99. The third-order valence-electron chi connectivity index (χ3n) is 3.08. The number of nitrogens with two attached hydrogens (primary N) is 3. The lowest BCUT2D eigenvalue weighted by molar-refractivity contribution is -0.141. The average molecular weight is 358 g/mol. The zero-order valence-corrected chi connectivity index (χ0v) is 13.9. The van der Waals surface area contributed by atoms with Gasteiger partial charge < -0.3 is 37.7 Å². The molecule has 0 saturated carbocycles. The highest BCUT2D eigenvalue weighted by atomic mass is 16.4. The van der Waals surface area contributed by atoms with Crippen molar-refractivity contribution >= 4 is 17.8 Å². The van der Waals surface area contributed by atoms with Crippen LogP contribution in [0.3, 0.4) is 0 Å². The molecule has 2 unspecified atom stereocenters. The minimum atomic E-state index is -1.11. The van der Waals surface area contributed by atoms with E-state index < -0.39 is 29.9 Å². The number of aliphatic carboxylic acids is 2. The van der Waals surface area contributed by atoms with Gasteiger partial charge in [-0.3, -0.25) is 9.59 Å². The molecule has 2 atom stereocenters. The van der Waals surface area contributed by atoms with Crippen molar-refractivity contribution in [1.29, 1.82) is 0 Å². The lowest BCUT2D eigenvalue weighted by atomic mass is 10.1. The zero-order valence-electron chi connectivity index (χ0n) is 13.9. The van der Waals surface area contributed by atoms with Gasteiger partial charge in [0, 0.05) is 18.3 Å². The van der Waals surface area contributed by atoms with E-state index in [-0.39, 0.29) is 13.0 Å². The lowest BCUT2D eigenvalue weighted by Gasteiger charge is -2.12. The van der Waals surface area contributed by atoms with Crippen molar-refractivity contribution in [1.82, 2.24) is 15.3 Å². The van der Waals surface area contributed by atoms with Crippen LogP contribution in [0.5, 0.6) is 0 Å². The third kappa shape index (κ3) is 10.8. The molecular formula is C14H26N6O5. The van der Waals surface area contributed by atoms with E-state index in [1.807, 2.05) is 0 Å². The average Bonchev–Trinajstić information content (AvgIpc) is 3.07. The van der Waals surface area contributed by atoms with Crippen LogP contribution in [0.25, 0.3) is 0 Å². The quantitative estimate of drug-likeness (QED) is 0.230. The molecule has 1 aromatic rings. The Morgan fingerprint density at radius 1 is 1.20 bits per heavy atom. The lowest BCUT2D eigenvalue weighted by Crippen LogP contribution is -2.44. The smallest absolute Gasteiger partial charge is 0.326 e. The van der Waals surface area contributed by atoms with E-state index in [0.717, 1.165) is 12.8 Å². The topological polar surface area (TPSA) is 210 Å². The molecule has 1 rings (SSSR count). The van der Waals surface area contributed by atoms with Crippen molar-refractivity contribution in [3.63, 3.8) is 0 Å². The summed E-state index contributed by atoms with van der Waals surface area (Å²) in [5, 5.41) is 19.4. The van der Waals surface area contributed by atoms with Crippen LogP contribution in [0, 0.1) is 0 Å². The number of rotatable bonds is 10. The van der Waals surface area contributed by atoms with Crippen LogP contribution in [0.4, 0.5) is 0 Å². The second-order valence-electron chi connectivity index (χ2n) is 5.17. The molecule has 25 heavy (non-hydrogen) atoms. The first-order chi connectivity index (χ1) is 11.8. The van der Waals surface area contributed by atoms with Gasteiger partial charge in [0.2, 0.25) is 5.91 Å². The fraction of sp³-hybridized carbons (Fsp3) is 0.571. The van der Waals surface area contributed by atoms with Gasteiger partial charge in [0.25, 0.3) is 0 Å². The molecule has 1 heterocycles. The molecule has 0 aromatic carbocycles. The minimum Gasteiger partial charge on any atom is -0.480 e. The molecule has 0 saturated heterocycles. The van der Waals surface area contributed by atoms with Gasteiger partial charge in [-0.2, -0.15) is 0 Å². The normalized spacial score (nSPS) is 12.4. The first kappa shape index (κ1) is 22.5. The highest BCUT2D eigenvalue weighted by Gasteiger charge is 2.20. The molecule has 0 bridgehead atoms. The van der Waals surface area contributed by atoms with Crippen LogP contribution in [0.2, 0.25) is 0 Å². The summed E-state index contributed by atoms with van der Waals surface area (Å²) in [7, 11) is 0. The van der Waals surface area contributed by atoms with E-state index in [9.17, 15) is 14.4 Å². The first-order valence-corrected chi connectivity index (χ1v) is 7.69. The number of aromatic nitrogens is 2. The Bertz CT molecular complexity index is 522. The molecule has 10 N–H and O–H groups in total. The van der Waals surface area contributed by atoms with Crippen LogP contribution < -0.4 is 22.5 Å². The molecule has 11 heteroatoms. The number of H-pyrrole nitrogens is 1. The molecule has 0 spiro atoms. The summed E-state index contributed by atoms with van der Waals surface area (Å²) in [4.78, 5) is 38.4. The highest BCUT2D eigenvalue weighted by molar-refractivity contribution is 5.84. The minimum absolute atomic E-state index is 0.154. The van der Waals surface area contributed by atoms with Crippen LogP contribution in [0.15, 0.2) is 12.5 Å². The molecule has 11 nitrogen and oxygen atoms in total. The number of carboxylic acid groups (broad SMARTS) is 2. The summed E-state index contributed by atoms with van der Waals surface area (Å²) in [6.07, 6.45) is 5.27. The Morgan fingerprint density at radius 2 is 1.88 bits per heavy atom. The van der Waals surface area contributed by atoms with Gasteiger partial charge in [-0.05, 0) is 19.4 Å². The maximum atomic E-state index is 10.9. The molecule has 1 amide bonds. The highest BCUT2D eigenvalue weighted by Crippen LogP contribution is 1.98. The molecular weight excluding hydrogens is 332 g/mol. The summed E-state index contributed by atoms with van der Waals surface area (Å²) >= 11 is 0. The number of unbranched alkanes of at least 4 members (excludes halogenated alkanes) is 1. The van der Waals surface area contributed by atoms with Gasteiger partial charge >= 0.3 is 11.9 Å². The summed E-state index contributed by atoms with van der Waals surface area (Å²) in [5.41, 5.74) is 16.1. The van der Waals surface area contributed by atoms with Crippen molar-refractivity contribution in [2.75, 3.05) is 13.1 Å². The Kier molecular flexibility index (Phi) is 11.6. The van der Waals surface area contributed by atoms with E-state index in [1.54, 1.807) is 0 Å². The van der Waals surface area contributed by atoms with E-state index in [1.165, 1.54) is 12.5 Å². The third-order valence-corrected chi connectivity index (χ3v) is 3.08. The Morgan fingerprint density at radius 3 is 2.32 bits per heavy atom. The molecule has 1 aromatic heterocycles. The zero-order chi connectivity index (χ0) is 19.2. The monoisotopic (exact) mass is 358 g/mol. The molecule has 0 radical (unpaired) electrons. The van der Waals surface area contributed by atoms with Gasteiger partial charge in [-0.1, -0.05) is 6.42 Å². The van der Waals surface area contributed by atoms with Crippen LogP contribution >= 0.6 is 0 Å². The number of hydrogen-bond acceptors (Lipinski definition) is 7. The number of carboxylic acids is 2. The number of nitrogens with one attached hydrogen (secondary N) is 2. The second-order valence-corrected chi connectivity index (χ2v) is 5.17. The van der Waals surface area contributed by atoms with E-state index in [2.05, 4.69) is 15.3 Å². The molecule has 0 aliphatic rings. The summed E-state index contributed by atoms with van der Waals surface area (Å²) < 4.78 is 0. The van der Waals surface area contributed by atoms with Crippen molar-refractivity contribution in [3.05, 3.63) is 18.2 Å². The van der Waals surface area contributed by atoms with Crippen LogP contribution in [-0.4, -0.2) is 63.2 Å². The number of carbonyl (C=O) groups excluding carboxylic acids is 1. The van der Waals surface area contributed by atoms with Gasteiger partial charge in [-0.25, -0.2) is 9.78 Å². The van der Waals surface area contributed by atoms with E-state index >= 15 is 0 Å². The van der Waals surface area contributed by atoms with Gasteiger partial charge in [0.15, 0.2) is 0 Å². The first-order valence-electron chi connectivity index (χ1n) is 7.69. The number of nitrogens with zero attached hydrogens (tertiary/aromatic N) is 1. The number of amides is 1. The number of imidazole rings is 1. The van der Waals surface area contributed by atoms with Gasteiger partial charge in [0.05, 0.1) is 12.9 Å². The fourth-order valence-electron chi connectivity index (χ4n) is 1.70. The maximum absolute atomic E-state index is 10.9. The molecule has 0 fully saturated rings. The fourth-order valence-corrected chi connectivity index (χ4v) is 1.70. The summed E-state index contributed by atoms with van der Waals surface area (Å²) in [6.45, 7) is 0.374. The van der Waals surface area contributed by atoms with Gasteiger partial charge in [0.1, 0.15) is 12.1 Å². The predicted molar refractivity (Wildman–Crippen MR) is 89.4 cm³/mol. The SMILES string of the molecule is NCC(=O)NC(Cc1cnc[nH]1)C(=O)O.NCCCCC(N)C(=O)O. The Balaban J connectivity index is 0.000000504. The largest absolute Gasteiger partial charge is 0.480 e. The summed E-state index contributed by atoms with van der Waals surface area (Å²) in [5.74, 6) is -2.54. The number of hydrogen-bond donors (Lipinski definition) is 7. The van der Waals surface area contributed by atoms with Crippen molar-refractivity contribution in [2.24, 2.45) is 17.2 Å². The van der Waals surface area contributed by atoms with Crippen molar-refractivity contribution in [2.45, 2.75) is 37.8 Å². The van der Waals surface area contributed by atoms with Crippen LogP contribution in [-0.2, 0) is 20.8 Å². The number of carbonyl (C=O) groups is 3.